The second-order valence-electron chi connectivity index (χ2n) is 8.38. The van der Waals surface area contributed by atoms with Gasteiger partial charge in [0.15, 0.2) is 6.61 Å². The maximum absolute atomic E-state index is 12.7. The second kappa shape index (κ2) is 11.5. The zero-order chi connectivity index (χ0) is 23.9. The average Bonchev–Trinajstić information content (AvgIpc) is 3.72. The number of pyridine rings is 1. The summed E-state index contributed by atoms with van der Waals surface area (Å²) in [6.45, 7) is 3.97. The molecule has 1 saturated heterocycles. The Morgan fingerprint density at radius 1 is 1.26 bits per heavy atom. The third-order valence-electron chi connectivity index (χ3n) is 5.95. The number of hydrogen-bond acceptors (Lipinski definition) is 8. The van der Waals surface area contributed by atoms with Crippen LogP contribution >= 0.6 is 11.8 Å². The van der Waals surface area contributed by atoms with Gasteiger partial charge in [-0.25, -0.2) is 9.78 Å². The summed E-state index contributed by atoms with van der Waals surface area (Å²) in [5.74, 6) is -0.750. The van der Waals surface area contributed by atoms with Gasteiger partial charge in [-0.05, 0) is 36.3 Å². The standard InChI is InChI=1S/C25H28N4O4S/c1-34-24-21(13-26)20(12-22(28-24)17-6-7-17)25(31)33-16-23(30)27-14-18-4-2-3-5-19(18)15-29-8-10-32-11-9-29/h2-5,12,17H,6-11,14-16H2,1H3,(H,27,30). The van der Waals surface area contributed by atoms with Gasteiger partial charge in [-0.15, -0.1) is 11.8 Å². The molecule has 1 aromatic carbocycles. The van der Waals surface area contributed by atoms with Crippen LogP contribution in [0.15, 0.2) is 35.4 Å². The molecule has 0 unspecified atom stereocenters. The minimum Gasteiger partial charge on any atom is -0.452 e. The first-order valence-electron chi connectivity index (χ1n) is 11.4. The Bertz CT molecular complexity index is 1090. The summed E-state index contributed by atoms with van der Waals surface area (Å²) in [4.78, 5) is 32.0. The number of rotatable bonds is 9. The van der Waals surface area contributed by atoms with Crippen molar-refractivity contribution in [1.29, 1.82) is 5.26 Å². The Morgan fingerprint density at radius 2 is 2.00 bits per heavy atom. The fourth-order valence-electron chi connectivity index (χ4n) is 3.88. The smallest absolute Gasteiger partial charge is 0.340 e. The van der Waals surface area contributed by atoms with E-state index in [2.05, 4.69) is 27.3 Å². The van der Waals surface area contributed by atoms with Gasteiger partial charge in [0.1, 0.15) is 11.1 Å². The minimum absolute atomic E-state index is 0.174. The molecule has 1 N–H and O–H groups in total. The van der Waals surface area contributed by atoms with Crippen molar-refractivity contribution in [1.82, 2.24) is 15.2 Å². The highest BCUT2D eigenvalue weighted by molar-refractivity contribution is 7.98. The van der Waals surface area contributed by atoms with E-state index in [-0.39, 0.29) is 11.1 Å². The number of amides is 1. The molecule has 1 saturated carbocycles. The fourth-order valence-corrected chi connectivity index (χ4v) is 4.44. The van der Waals surface area contributed by atoms with Crippen LogP contribution in [0.4, 0.5) is 0 Å². The van der Waals surface area contributed by atoms with Crippen LogP contribution in [-0.2, 0) is 27.4 Å². The first kappa shape index (κ1) is 24.2. The molecular formula is C25H28N4O4S. The molecule has 1 aliphatic heterocycles. The molecule has 2 heterocycles. The van der Waals surface area contributed by atoms with Crippen LogP contribution in [-0.4, -0.2) is 60.9 Å². The number of ether oxygens (including phenoxy) is 2. The van der Waals surface area contributed by atoms with Gasteiger partial charge in [-0.3, -0.25) is 9.69 Å². The molecule has 1 aromatic heterocycles. The maximum Gasteiger partial charge on any atom is 0.340 e. The van der Waals surface area contributed by atoms with Crippen LogP contribution < -0.4 is 5.32 Å². The Kier molecular flexibility index (Phi) is 8.16. The van der Waals surface area contributed by atoms with Crippen LogP contribution in [0.5, 0.6) is 0 Å². The number of thioether (sulfide) groups is 1. The van der Waals surface area contributed by atoms with Crippen molar-refractivity contribution in [2.45, 2.75) is 36.9 Å². The normalized spacial score (nSPS) is 16.0. The van der Waals surface area contributed by atoms with Gasteiger partial charge in [0, 0.05) is 37.8 Å². The molecule has 0 bridgehead atoms. The van der Waals surface area contributed by atoms with Crippen molar-refractivity contribution >= 4 is 23.6 Å². The van der Waals surface area contributed by atoms with Gasteiger partial charge in [0.05, 0.1) is 24.3 Å². The topological polar surface area (TPSA) is 105 Å². The van der Waals surface area contributed by atoms with E-state index in [1.165, 1.54) is 11.8 Å². The average molecular weight is 481 g/mol. The first-order chi connectivity index (χ1) is 16.6. The summed E-state index contributed by atoms with van der Waals surface area (Å²) in [5.41, 5.74) is 3.34. The summed E-state index contributed by atoms with van der Waals surface area (Å²) in [6.07, 6.45) is 3.87. The third kappa shape index (κ3) is 6.14. The number of esters is 1. The third-order valence-corrected chi connectivity index (χ3v) is 6.64. The molecule has 9 heteroatoms. The van der Waals surface area contributed by atoms with E-state index in [4.69, 9.17) is 9.47 Å². The SMILES string of the molecule is CSc1nc(C2CC2)cc(C(=O)OCC(=O)NCc2ccccc2CN2CCOCC2)c1C#N. The number of nitriles is 1. The van der Waals surface area contributed by atoms with Gasteiger partial charge >= 0.3 is 5.97 Å². The number of nitrogens with one attached hydrogen (secondary N) is 1. The van der Waals surface area contributed by atoms with Gasteiger partial charge in [-0.2, -0.15) is 5.26 Å². The number of benzene rings is 1. The van der Waals surface area contributed by atoms with Crippen LogP contribution in [0.1, 0.15) is 51.5 Å². The number of aromatic nitrogens is 1. The summed E-state index contributed by atoms with van der Waals surface area (Å²) in [5, 5.41) is 12.9. The zero-order valence-corrected chi connectivity index (χ0v) is 20.0. The highest BCUT2D eigenvalue weighted by Gasteiger charge is 2.29. The molecule has 0 radical (unpaired) electrons. The van der Waals surface area contributed by atoms with E-state index >= 15 is 0 Å². The Balaban J connectivity index is 1.34. The summed E-state index contributed by atoms with van der Waals surface area (Å²) in [7, 11) is 0. The van der Waals surface area contributed by atoms with Gasteiger partial charge in [-0.1, -0.05) is 24.3 Å². The number of hydrogen-bond donors (Lipinski definition) is 1. The highest BCUT2D eigenvalue weighted by atomic mass is 32.2. The fraction of sp³-hybridized carbons (Fsp3) is 0.440. The quantitative estimate of drug-likeness (QED) is 0.432. The lowest BCUT2D eigenvalue weighted by Gasteiger charge is -2.27. The van der Waals surface area contributed by atoms with E-state index in [1.807, 2.05) is 24.5 Å². The zero-order valence-electron chi connectivity index (χ0n) is 19.2. The second-order valence-corrected chi connectivity index (χ2v) is 9.17. The van der Waals surface area contributed by atoms with E-state index in [0.717, 1.165) is 62.5 Å². The lowest BCUT2D eigenvalue weighted by atomic mass is 10.1. The molecule has 1 amide bonds. The van der Waals surface area contributed by atoms with Crippen molar-refractivity contribution in [2.24, 2.45) is 0 Å². The molecule has 2 aromatic rings. The monoisotopic (exact) mass is 480 g/mol. The summed E-state index contributed by atoms with van der Waals surface area (Å²) < 4.78 is 10.7. The number of carbonyl (C=O) groups is 2. The molecule has 4 rings (SSSR count). The molecule has 0 atom stereocenters. The van der Waals surface area contributed by atoms with Crippen molar-refractivity contribution < 1.29 is 19.1 Å². The number of nitrogens with zero attached hydrogens (tertiary/aromatic N) is 3. The van der Waals surface area contributed by atoms with Crippen LogP contribution in [0.3, 0.4) is 0 Å². The van der Waals surface area contributed by atoms with Crippen molar-refractivity contribution in [3.63, 3.8) is 0 Å². The first-order valence-corrected chi connectivity index (χ1v) is 12.6. The number of carbonyl (C=O) groups excluding carboxylic acids is 2. The van der Waals surface area contributed by atoms with Crippen LogP contribution in [0, 0.1) is 11.3 Å². The molecular weight excluding hydrogens is 452 g/mol. The Hall–Kier alpha value is -2.93. The molecule has 2 fully saturated rings. The largest absolute Gasteiger partial charge is 0.452 e. The highest BCUT2D eigenvalue weighted by Crippen LogP contribution is 2.40. The molecule has 178 valence electrons. The molecule has 2 aliphatic rings. The van der Waals surface area contributed by atoms with E-state index in [0.29, 0.717) is 17.5 Å². The summed E-state index contributed by atoms with van der Waals surface area (Å²) >= 11 is 1.32. The predicted octanol–water partition coefficient (Wildman–Crippen LogP) is 2.86. The van der Waals surface area contributed by atoms with Crippen LogP contribution in [0.2, 0.25) is 0 Å². The van der Waals surface area contributed by atoms with E-state index in [9.17, 15) is 14.9 Å². The van der Waals surface area contributed by atoms with E-state index in [1.54, 1.807) is 6.07 Å². The number of morpholine rings is 1. The Morgan fingerprint density at radius 3 is 2.68 bits per heavy atom. The van der Waals surface area contributed by atoms with Gasteiger partial charge < -0.3 is 14.8 Å². The van der Waals surface area contributed by atoms with Gasteiger partial charge in [0.25, 0.3) is 5.91 Å². The lowest BCUT2D eigenvalue weighted by molar-refractivity contribution is -0.124. The Labute approximate surface area is 203 Å². The van der Waals surface area contributed by atoms with E-state index < -0.39 is 18.5 Å². The lowest BCUT2D eigenvalue weighted by Crippen LogP contribution is -2.36. The van der Waals surface area contributed by atoms with Crippen molar-refractivity contribution in [3.05, 3.63) is 58.3 Å². The molecule has 0 spiro atoms. The molecule has 34 heavy (non-hydrogen) atoms. The molecule has 1 aliphatic carbocycles. The summed E-state index contributed by atoms with van der Waals surface area (Å²) in [6, 6.07) is 11.7. The minimum atomic E-state index is -0.681. The maximum atomic E-state index is 12.7. The van der Waals surface area contributed by atoms with Crippen LogP contribution in [0.25, 0.3) is 0 Å². The predicted molar refractivity (Wildman–Crippen MR) is 127 cm³/mol. The van der Waals surface area contributed by atoms with Gasteiger partial charge in [0.2, 0.25) is 0 Å². The van der Waals surface area contributed by atoms with Crippen molar-refractivity contribution in [2.75, 3.05) is 39.2 Å². The van der Waals surface area contributed by atoms with Crippen molar-refractivity contribution in [3.8, 4) is 6.07 Å². The molecule has 8 nitrogen and oxygen atoms in total.